The minimum Gasteiger partial charge on any atom is -0.459 e. The molecule has 88 valence electrons. The zero-order valence-corrected chi connectivity index (χ0v) is 10.2. The number of rotatable bonds is 1. The summed E-state index contributed by atoms with van der Waals surface area (Å²) >= 11 is 0. The Morgan fingerprint density at radius 1 is 1.40 bits per heavy atom. The highest BCUT2D eigenvalue weighted by atomic mass is 16.6. The highest BCUT2D eigenvalue weighted by Crippen LogP contribution is 2.14. The van der Waals surface area contributed by atoms with Gasteiger partial charge in [0, 0.05) is 6.54 Å². The van der Waals surface area contributed by atoms with E-state index in [4.69, 9.17) is 9.47 Å². The van der Waals surface area contributed by atoms with Crippen molar-refractivity contribution in [3.8, 4) is 0 Å². The Kier molecular flexibility index (Phi) is 3.73. The van der Waals surface area contributed by atoms with Gasteiger partial charge in [-0.25, -0.2) is 0 Å². The van der Waals surface area contributed by atoms with Crippen LogP contribution in [0.1, 0.15) is 34.6 Å². The lowest BCUT2D eigenvalue weighted by Gasteiger charge is -2.34. The maximum Gasteiger partial charge on any atom is 0.326 e. The molecule has 0 saturated carbocycles. The molecule has 3 atom stereocenters. The molecule has 0 amide bonds. The van der Waals surface area contributed by atoms with Gasteiger partial charge in [-0.2, -0.15) is 0 Å². The van der Waals surface area contributed by atoms with Gasteiger partial charge in [0.2, 0.25) is 0 Å². The van der Waals surface area contributed by atoms with Gasteiger partial charge in [-0.05, 0) is 34.6 Å². The Hall–Kier alpha value is -0.610. The molecule has 1 fully saturated rings. The average Bonchev–Trinajstić information content (AvgIpc) is 1.99. The molecule has 1 aliphatic rings. The third kappa shape index (κ3) is 3.80. The zero-order chi connectivity index (χ0) is 11.6. The van der Waals surface area contributed by atoms with Crippen molar-refractivity contribution in [3.05, 3.63) is 0 Å². The van der Waals surface area contributed by atoms with E-state index in [1.807, 2.05) is 34.6 Å². The second kappa shape index (κ2) is 4.49. The Balaban J connectivity index is 2.53. The zero-order valence-electron chi connectivity index (χ0n) is 10.2. The molecule has 0 spiro atoms. The molecule has 4 heteroatoms. The molecule has 0 bridgehead atoms. The molecule has 1 aliphatic heterocycles. The van der Waals surface area contributed by atoms with Gasteiger partial charge in [-0.15, -0.1) is 0 Å². The average molecular weight is 215 g/mol. The van der Waals surface area contributed by atoms with Gasteiger partial charge in [-0.3, -0.25) is 10.1 Å². The van der Waals surface area contributed by atoms with E-state index in [0.717, 1.165) is 0 Å². The fourth-order valence-corrected chi connectivity index (χ4v) is 1.59. The van der Waals surface area contributed by atoms with Gasteiger partial charge in [0.25, 0.3) is 0 Å². The van der Waals surface area contributed by atoms with Crippen molar-refractivity contribution < 1.29 is 14.3 Å². The highest BCUT2D eigenvalue weighted by molar-refractivity contribution is 5.77. The summed E-state index contributed by atoms with van der Waals surface area (Å²) in [7, 11) is 0. The number of nitrogens with one attached hydrogen (secondary N) is 1. The summed E-state index contributed by atoms with van der Waals surface area (Å²) in [6.45, 7) is 10.1. The maximum absolute atomic E-state index is 11.8. The first-order chi connectivity index (χ1) is 6.79. The van der Waals surface area contributed by atoms with Gasteiger partial charge in [0.05, 0.1) is 12.2 Å². The summed E-state index contributed by atoms with van der Waals surface area (Å²) in [6.07, 6.45) is 0.0160. The summed E-state index contributed by atoms with van der Waals surface area (Å²) in [5, 5.41) is 3.14. The Bertz CT molecular complexity index is 234. The van der Waals surface area contributed by atoms with Gasteiger partial charge in [0.1, 0.15) is 11.6 Å². The van der Waals surface area contributed by atoms with Crippen LogP contribution in [-0.2, 0) is 14.3 Å². The summed E-state index contributed by atoms with van der Waals surface area (Å²) in [5.41, 5.74) is -0.443. The number of hydrogen-bond donors (Lipinski definition) is 1. The summed E-state index contributed by atoms with van der Waals surface area (Å²) < 4.78 is 10.9. The van der Waals surface area contributed by atoms with Crippen LogP contribution in [0.4, 0.5) is 0 Å². The molecule has 0 aliphatic carbocycles. The SMILES string of the molecule is CC1CNC(C(=O)OC(C)(C)C)C(C)O1. The summed E-state index contributed by atoms with van der Waals surface area (Å²) in [5.74, 6) is -0.234. The second-order valence-electron chi connectivity index (χ2n) is 5.07. The first kappa shape index (κ1) is 12.5. The fraction of sp³-hybridized carbons (Fsp3) is 0.909. The molecule has 0 aromatic carbocycles. The van der Waals surface area contributed by atoms with Crippen molar-refractivity contribution in [3.63, 3.8) is 0 Å². The lowest BCUT2D eigenvalue weighted by molar-refractivity contribution is -0.165. The van der Waals surface area contributed by atoms with E-state index < -0.39 is 5.60 Å². The number of carbonyl (C=O) groups excluding carboxylic acids is 1. The third-order valence-corrected chi connectivity index (χ3v) is 2.20. The molecular formula is C11H21NO3. The van der Waals surface area contributed by atoms with Crippen LogP contribution in [-0.4, -0.2) is 36.4 Å². The molecule has 4 nitrogen and oxygen atoms in total. The molecule has 1 N–H and O–H groups in total. The van der Waals surface area contributed by atoms with Gasteiger partial charge in [-0.1, -0.05) is 0 Å². The van der Waals surface area contributed by atoms with E-state index in [1.54, 1.807) is 0 Å². The fourth-order valence-electron chi connectivity index (χ4n) is 1.59. The van der Waals surface area contributed by atoms with Crippen LogP contribution in [0.15, 0.2) is 0 Å². The van der Waals surface area contributed by atoms with Crippen LogP contribution in [0.5, 0.6) is 0 Å². The van der Waals surface area contributed by atoms with Gasteiger partial charge < -0.3 is 9.47 Å². The molecule has 15 heavy (non-hydrogen) atoms. The third-order valence-electron chi connectivity index (χ3n) is 2.20. The number of ether oxygens (including phenoxy) is 2. The Morgan fingerprint density at radius 2 is 2.00 bits per heavy atom. The van der Waals surface area contributed by atoms with Crippen LogP contribution < -0.4 is 5.32 Å². The Labute approximate surface area is 91.3 Å². The molecule has 0 radical (unpaired) electrons. The van der Waals surface area contributed by atoms with E-state index in [9.17, 15) is 4.79 Å². The quantitative estimate of drug-likeness (QED) is 0.665. The first-order valence-electron chi connectivity index (χ1n) is 5.41. The lowest BCUT2D eigenvalue weighted by Crippen LogP contribution is -2.55. The predicted octanol–water partition coefficient (Wildman–Crippen LogP) is 1.09. The summed E-state index contributed by atoms with van der Waals surface area (Å²) in [6, 6.07) is -0.347. The van der Waals surface area contributed by atoms with Crippen LogP contribution in [0.25, 0.3) is 0 Å². The van der Waals surface area contributed by atoms with E-state index in [-0.39, 0.29) is 24.2 Å². The normalized spacial score (nSPS) is 32.5. The second-order valence-corrected chi connectivity index (χ2v) is 5.07. The first-order valence-corrected chi connectivity index (χ1v) is 5.41. The smallest absolute Gasteiger partial charge is 0.326 e. The van der Waals surface area contributed by atoms with Gasteiger partial charge >= 0.3 is 5.97 Å². The van der Waals surface area contributed by atoms with Crippen molar-refractivity contribution in [2.45, 2.75) is 58.5 Å². The highest BCUT2D eigenvalue weighted by Gasteiger charge is 2.34. The topological polar surface area (TPSA) is 47.6 Å². The molecule has 1 saturated heterocycles. The van der Waals surface area contributed by atoms with Crippen molar-refractivity contribution >= 4 is 5.97 Å². The minimum absolute atomic E-state index is 0.136. The van der Waals surface area contributed by atoms with Crippen LogP contribution in [0.3, 0.4) is 0 Å². The number of morpholine rings is 1. The minimum atomic E-state index is -0.443. The molecular weight excluding hydrogens is 194 g/mol. The van der Waals surface area contributed by atoms with Crippen molar-refractivity contribution in [1.82, 2.24) is 5.32 Å². The van der Waals surface area contributed by atoms with E-state index >= 15 is 0 Å². The van der Waals surface area contributed by atoms with Crippen LogP contribution >= 0.6 is 0 Å². The molecule has 1 heterocycles. The number of hydrogen-bond acceptors (Lipinski definition) is 4. The molecule has 0 aromatic rings. The molecule has 0 aromatic heterocycles. The number of esters is 1. The Morgan fingerprint density at radius 3 is 2.47 bits per heavy atom. The van der Waals surface area contributed by atoms with Gasteiger partial charge in [0.15, 0.2) is 0 Å². The monoisotopic (exact) mass is 215 g/mol. The maximum atomic E-state index is 11.8. The van der Waals surface area contributed by atoms with Crippen LogP contribution in [0, 0.1) is 0 Å². The van der Waals surface area contributed by atoms with Crippen LogP contribution in [0.2, 0.25) is 0 Å². The van der Waals surface area contributed by atoms with E-state index in [0.29, 0.717) is 6.54 Å². The lowest BCUT2D eigenvalue weighted by atomic mass is 10.1. The molecule has 1 rings (SSSR count). The van der Waals surface area contributed by atoms with Crippen molar-refractivity contribution in [2.75, 3.05) is 6.54 Å². The van der Waals surface area contributed by atoms with Crippen molar-refractivity contribution in [1.29, 1.82) is 0 Å². The molecule has 3 unspecified atom stereocenters. The number of carbonyl (C=O) groups is 1. The predicted molar refractivity (Wildman–Crippen MR) is 57.6 cm³/mol. The van der Waals surface area contributed by atoms with E-state index in [1.165, 1.54) is 0 Å². The van der Waals surface area contributed by atoms with E-state index in [2.05, 4.69) is 5.32 Å². The van der Waals surface area contributed by atoms with Crippen molar-refractivity contribution in [2.24, 2.45) is 0 Å². The largest absolute Gasteiger partial charge is 0.459 e. The standard InChI is InChI=1S/C11H21NO3/c1-7-6-12-9(8(2)14-7)10(13)15-11(3,4)5/h7-9,12H,6H2,1-5H3. The summed E-state index contributed by atoms with van der Waals surface area (Å²) in [4.78, 5) is 11.8.